The summed E-state index contributed by atoms with van der Waals surface area (Å²) in [6, 6.07) is 0. The minimum absolute atomic E-state index is 0.429. The van der Waals surface area contributed by atoms with Gasteiger partial charge in [0, 0.05) is 0 Å². The molecule has 0 saturated heterocycles. The molecule has 1 rings (SSSR count). The highest BCUT2D eigenvalue weighted by molar-refractivity contribution is 5.37. The maximum Gasteiger partial charge on any atom is 0.293 e. The molecule has 0 bridgehead atoms. The Balaban J connectivity index is 2.51. The minimum Gasteiger partial charge on any atom is -0.463 e. The number of ether oxygens (including phenoxy) is 1. The largest absolute Gasteiger partial charge is 0.463 e. The number of carbonyl (C=O) groups excluding carboxylic acids is 1. The van der Waals surface area contributed by atoms with Crippen LogP contribution in [0.15, 0.2) is 11.1 Å². The quantitative estimate of drug-likeness (QED) is 0.539. The number of carbonyl (C=O) groups is 1. The van der Waals surface area contributed by atoms with Crippen LogP contribution in [0.4, 0.5) is 0 Å². The normalized spacial score (nSPS) is 21.8. The molecule has 0 aliphatic heterocycles. The summed E-state index contributed by atoms with van der Waals surface area (Å²) in [4.78, 5) is 10.1. The van der Waals surface area contributed by atoms with Crippen LogP contribution in [0.3, 0.4) is 0 Å². The number of hydrogen-bond donors (Lipinski definition) is 0. The van der Waals surface area contributed by atoms with Crippen molar-refractivity contribution in [3.8, 4) is 0 Å². The van der Waals surface area contributed by atoms with E-state index in [1.54, 1.807) is 0 Å². The molecule has 0 radical (unpaired) electrons. The summed E-state index contributed by atoms with van der Waals surface area (Å²) in [7, 11) is 0. The van der Waals surface area contributed by atoms with Gasteiger partial charge in [0.2, 0.25) is 0 Å². The van der Waals surface area contributed by atoms with Crippen LogP contribution >= 0.6 is 0 Å². The van der Waals surface area contributed by atoms with E-state index >= 15 is 0 Å². The van der Waals surface area contributed by atoms with Crippen LogP contribution in [0.2, 0.25) is 0 Å². The lowest BCUT2D eigenvalue weighted by atomic mass is 9.71. The Morgan fingerprint density at radius 1 is 1.38 bits per heavy atom. The van der Waals surface area contributed by atoms with Crippen molar-refractivity contribution in [1.82, 2.24) is 0 Å². The van der Waals surface area contributed by atoms with Crippen molar-refractivity contribution >= 4 is 6.47 Å². The Morgan fingerprint density at radius 3 is 2.38 bits per heavy atom. The standard InChI is InChI=1S/C14H24O2/c1-11(9-16-10-15)12-5-7-13(8-6-12)14(2,3)4/h10,13H,5-9H2,1-4H3. The van der Waals surface area contributed by atoms with Crippen LogP contribution in [0.1, 0.15) is 53.4 Å². The summed E-state index contributed by atoms with van der Waals surface area (Å²) >= 11 is 0. The van der Waals surface area contributed by atoms with Crippen LogP contribution in [0.5, 0.6) is 0 Å². The maximum atomic E-state index is 10.1. The van der Waals surface area contributed by atoms with E-state index < -0.39 is 0 Å². The molecule has 0 amide bonds. The van der Waals surface area contributed by atoms with Crippen molar-refractivity contribution in [2.75, 3.05) is 6.61 Å². The van der Waals surface area contributed by atoms with E-state index in [0.717, 1.165) is 5.92 Å². The molecule has 0 heterocycles. The Bertz CT molecular complexity index is 261. The van der Waals surface area contributed by atoms with Gasteiger partial charge in [-0.25, -0.2) is 0 Å². The second-order valence-corrected chi connectivity index (χ2v) is 5.93. The van der Waals surface area contributed by atoms with E-state index in [2.05, 4.69) is 27.7 Å². The first kappa shape index (κ1) is 13.3. The summed E-state index contributed by atoms with van der Waals surface area (Å²) < 4.78 is 4.80. The van der Waals surface area contributed by atoms with Crippen molar-refractivity contribution in [3.05, 3.63) is 11.1 Å². The Morgan fingerprint density at radius 2 is 1.94 bits per heavy atom. The Hall–Kier alpha value is -0.790. The molecular weight excluding hydrogens is 200 g/mol. The van der Waals surface area contributed by atoms with Gasteiger partial charge in [-0.1, -0.05) is 26.3 Å². The molecular formula is C14H24O2. The average molecular weight is 224 g/mol. The third kappa shape index (κ3) is 3.66. The van der Waals surface area contributed by atoms with Crippen LogP contribution in [-0.4, -0.2) is 13.1 Å². The smallest absolute Gasteiger partial charge is 0.293 e. The number of allylic oxidation sites excluding steroid dienone is 1. The molecule has 1 aliphatic rings. The second-order valence-electron chi connectivity index (χ2n) is 5.93. The SMILES string of the molecule is CC(COC=O)=C1CCC(C(C)(C)C)CC1. The highest BCUT2D eigenvalue weighted by Gasteiger charge is 2.27. The van der Waals surface area contributed by atoms with Crippen molar-refractivity contribution in [2.24, 2.45) is 11.3 Å². The molecule has 0 N–H and O–H groups in total. The van der Waals surface area contributed by atoms with Crippen molar-refractivity contribution in [2.45, 2.75) is 53.4 Å². The van der Waals surface area contributed by atoms with E-state index in [1.807, 2.05) is 0 Å². The predicted octanol–water partition coefficient (Wildman–Crippen LogP) is 3.71. The highest BCUT2D eigenvalue weighted by Crippen LogP contribution is 2.40. The molecule has 1 aliphatic carbocycles. The lowest BCUT2D eigenvalue weighted by Crippen LogP contribution is -2.23. The third-order valence-electron chi connectivity index (χ3n) is 3.79. The van der Waals surface area contributed by atoms with Gasteiger partial charge in [0.15, 0.2) is 0 Å². The average Bonchev–Trinajstić information content (AvgIpc) is 2.25. The molecule has 1 fully saturated rings. The first-order valence-electron chi connectivity index (χ1n) is 6.18. The molecule has 0 unspecified atom stereocenters. The first-order valence-corrected chi connectivity index (χ1v) is 6.18. The summed E-state index contributed by atoms with van der Waals surface area (Å²) in [5.41, 5.74) is 3.18. The van der Waals surface area contributed by atoms with Gasteiger partial charge in [-0.15, -0.1) is 0 Å². The molecule has 16 heavy (non-hydrogen) atoms. The number of rotatable bonds is 3. The van der Waals surface area contributed by atoms with E-state index in [-0.39, 0.29) is 0 Å². The van der Waals surface area contributed by atoms with Crippen LogP contribution in [-0.2, 0) is 9.53 Å². The van der Waals surface area contributed by atoms with Gasteiger partial charge < -0.3 is 4.74 Å². The zero-order valence-corrected chi connectivity index (χ0v) is 11.0. The fraction of sp³-hybridized carbons (Fsp3) is 0.786. The van der Waals surface area contributed by atoms with Gasteiger partial charge in [0.05, 0.1) is 0 Å². The zero-order chi connectivity index (χ0) is 12.2. The molecule has 0 aromatic carbocycles. The predicted molar refractivity (Wildman–Crippen MR) is 66.1 cm³/mol. The molecule has 2 nitrogen and oxygen atoms in total. The molecule has 2 heteroatoms. The molecule has 0 spiro atoms. The second kappa shape index (κ2) is 5.51. The van der Waals surface area contributed by atoms with Crippen LogP contribution in [0, 0.1) is 11.3 Å². The van der Waals surface area contributed by atoms with Crippen molar-refractivity contribution in [3.63, 3.8) is 0 Å². The van der Waals surface area contributed by atoms with E-state index in [9.17, 15) is 4.79 Å². The third-order valence-corrected chi connectivity index (χ3v) is 3.79. The van der Waals surface area contributed by atoms with Gasteiger partial charge in [0.25, 0.3) is 6.47 Å². The van der Waals surface area contributed by atoms with Gasteiger partial charge in [0.1, 0.15) is 6.61 Å². The Labute approximate surface area is 99.1 Å². The van der Waals surface area contributed by atoms with E-state index in [0.29, 0.717) is 18.5 Å². The summed E-state index contributed by atoms with van der Waals surface area (Å²) in [5.74, 6) is 0.830. The van der Waals surface area contributed by atoms with Crippen LogP contribution in [0.25, 0.3) is 0 Å². The molecule has 1 saturated carbocycles. The topological polar surface area (TPSA) is 26.3 Å². The monoisotopic (exact) mass is 224 g/mol. The summed E-state index contributed by atoms with van der Waals surface area (Å²) in [6.45, 7) is 10.1. The summed E-state index contributed by atoms with van der Waals surface area (Å²) in [6.07, 6.45) is 4.90. The lowest BCUT2D eigenvalue weighted by Gasteiger charge is -2.35. The van der Waals surface area contributed by atoms with Crippen LogP contribution < -0.4 is 0 Å². The maximum absolute atomic E-state index is 10.1. The molecule has 0 atom stereocenters. The zero-order valence-electron chi connectivity index (χ0n) is 11.0. The number of hydrogen-bond acceptors (Lipinski definition) is 2. The summed E-state index contributed by atoms with van der Waals surface area (Å²) in [5, 5.41) is 0. The molecule has 0 aromatic rings. The first-order chi connectivity index (χ1) is 7.45. The fourth-order valence-corrected chi connectivity index (χ4v) is 2.52. The molecule has 92 valence electrons. The van der Waals surface area contributed by atoms with Gasteiger partial charge in [-0.05, 0) is 49.5 Å². The lowest BCUT2D eigenvalue weighted by molar-refractivity contribution is -0.127. The fourth-order valence-electron chi connectivity index (χ4n) is 2.52. The van der Waals surface area contributed by atoms with Gasteiger partial charge in [-0.3, -0.25) is 4.79 Å². The van der Waals surface area contributed by atoms with E-state index in [1.165, 1.54) is 36.8 Å². The van der Waals surface area contributed by atoms with Crippen molar-refractivity contribution in [1.29, 1.82) is 0 Å². The van der Waals surface area contributed by atoms with Gasteiger partial charge >= 0.3 is 0 Å². The minimum atomic E-state index is 0.429. The molecule has 0 aromatic heterocycles. The van der Waals surface area contributed by atoms with E-state index in [4.69, 9.17) is 4.74 Å². The van der Waals surface area contributed by atoms with Gasteiger partial charge in [-0.2, -0.15) is 0 Å². The Kier molecular flexibility index (Phi) is 4.57. The van der Waals surface area contributed by atoms with Crippen molar-refractivity contribution < 1.29 is 9.53 Å². The highest BCUT2D eigenvalue weighted by atomic mass is 16.5.